The van der Waals surface area contributed by atoms with E-state index in [-0.39, 0.29) is 40.8 Å². The van der Waals surface area contributed by atoms with Gasteiger partial charge in [0.25, 0.3) is 16.3 Å². The fourth-order valence-corrected chi connectivity index (χ4v) is 5.32. The minimum Gasteiger partial charge on any atom is -0.569 e. The van der Waals surface area contributed by atoms with Crippen molar-refractivity contribution < 1.29 is 45.7 Å². The van der Waals surface area contributed by atoms with Crippen molar-refractivity contribution in [3.8, 4) is 16.9 Å². The molecule has 0 bridgehead atoms. The van der Waals surface area contributed by atoms with Crippen LogP contribution in [0.25, 0.3) is 16.9 Å². The van der Waals surface area contributed by atoms with E-state index in [1.807, 2.05) is 11.6 Å². The predicted octanol–water partition coefficient (Wildman–Crippen LogP) is 4.35. The molecule has 4 rings (SSSR count). The number of halogens is 3. The van der Waals surface area contributed by atoms with Gasteiger partial charge in [-0.15, -0.1) is 5.01 Å². The number of ether oxygens (including phenoxy) is 1. The summed E-state index contributed by atoms with van der Waals surface area (Å²) in [4.78, 5) is 29.0. The van der Waals surface area contributed by atoms with E-state index >= 15 is 0 Å². The Labute approximate surface area is 256 Å². The molecule has 13 nitrogen and oxygen atoms in total. The minimum atomic E-state index is -4.71. The Morgan fingerprint density at radius 2 is 1.76 bits per heavy atom. The van der Waals surface area contributed by atoms with Crippen molar-refractivity contribution in [3.05, 3.63) is 71.1 Å². The Hall–Kier alpha value is -4.67. The lowest BCUT2D eigenvalue weighted by Gasteiger charge is -2.15. The number of carbonyl (C=O) groups excluding carboxylic acids is 2. The first kappa shape index (κ1) is 33.2. The summed E-state index contributed by atoms with van der Waals surface area (Å²) in [5.74, 6) is -2.71. The molecule has 1 fully saturated rings. The highest BCUT2D eigenvalue weighted by molar-refractivity contribution is 7.90. The first-order valence-corrected chi connectivity index (χ1v) is 15.2. The van der Waals surface area contributed by atoms with Crippen LogP contribution in [-0.2, 0) is 35.4 Å². The van der Waals surface area contributed by atoms with Gasteiger partial charge in [0.15, 0.2) is 5.69 Å². The van der Waals surface area contributed by atoms with E-state index in [1.54, 1.807) is 38.1 Å². The van der Waals surface area contributed by atoms with E-state index in [1.165, 1.54) is 19.1 Å². The number of hydrogen-bond acceptors (Lipinski definition) is 9. The highest BCUT2D eigenvalue weighted by atomic mass is 32.2. The number of benzene rings is 2. The van der Waals surface area contributed by atoms with E-state index in [4.69, 9.17) is 9.57 Å². The van der Waals surface area contributed by atoms with Gasteiger partial charge in [-0.2, -0.15) is 18.3 Å². The molecule has 1 amide bonds. The molecule has 17 heteroatoms. The zero-order valence-corrected chi connectivity index (χ0v) is 25.5. The molecule has 0 saturated carbocycles. The van der Waals surface area contributed by atoms with Gasteiger partial charge < -0.3 is 9.94 Å². The van der Waals surface area contributed by atoms with Gasteiger partial charge in [0.05, 0.1) is 46.2 Å². The van der Waals surface area contributed by atoms with Crippen molar-refractivity contribution in [2.45, 2.75) is 51.5 Å². The fourth-order valence-electron chi connectivity index (χ4n) is 4.28. The number of carbonyl (C=O) groups is 2. The highest BCUT2D eigenvalue weighted by Gasteiger charge is 2.36. The van der Waals surface area contributed by atoms with Crippen LogP contribution in [0.1, 0.15) is 38.4 Å². The standard InChI is InChI=1S/C28H31F3N6O7S/c1-17(2)27(39)43-19(4)44-34-37(40)35-14-13-21(16-35)26(38)33-45(41,42)23-11-9-22(10-12-23)36-24(15-25(32-36)28(29,30)31)20-7-5-18(3)6-8-20/h5-12,15,17,19,21H,13-14,16H2,1-4H3,(H,33,38)/b37-34-. The van der Waals surface area contributed by atoms with Crippen LogP contribution in [0.4, 0.5) is 13.2 Å². The number of nitrogens with one attached hydrogen (secondary N) is 1. The SMILES string of the molecule is Cc1ccc(-c2cc(C(F)(F)F)nn2-c2ccc(S(=O)(=O)NC(=O)C3CCN(/[N+]([O-])=N/OC(C)OC(=O)C(C)C)C3)cc2)cc1. The first-order chi connectivity index (χ1) is 21.0. The van der Waals surface area contributed by atoms with Crippen molar-refractivity contribution in [1.29, 1.82) is 0 Å². The van der Waals surface area contributed by atoms with Crippen LogP contribution in [0, 0.1) is 24.0 Å². The molecule has 1 N–H and O–H groups in total. The van der Waals surface area contributed by atoms with E-state index in [0.29, 0.717) is 5.56 Å². The van der Waals surface area contributed by atoms with Gasteiger partial charge in [-0.05, 0) is 43.7 Å². The van der Waals surface area contributed by atoms with Crippen LogP contribution >= 0.6 is 0 Å². The molecule has 45 heavy (non-hydrogen) atoms. The average Bonchev–Trinajstić information content (AvgIpc) is 3.65. The third kappa shape index (κ3) is 8.09. The Morgan fingerprint density at radius 3 is 2.36 bits per heavy atom. The van der Waals surface area contributed by atoms with Crippen LogP contribution in [0.15, 0.2) is 64.8 Å². The maximum absolute atomic E-state index is 13.5. The van der Waals surface area contributed by atoms with E-state index in [9.17, 15) is 36.4 Å². The molecular weight excluding hydrogens is 621 g/mol. The van der Waals surface area contributed by atoms with Gasteiger partial charge >= 0.3 is 12.1 Å². The van der Waals surface area contributed by atoms with Crippen LogP contribution in [0.3, 0.4) is 0 Å². The molecule has 1 saturated heterocycles. The Kier molecular flexibility index (Phi) is 9.70. The van der Waals surface area contributed by atoms with E-state index in [0.717, 1.165) is 33.5 Å². The number of sulfonamides is 1. The summed E-state index contributed by atoms with van der Waals surface area (Å²) >= 11 is 0. The quantitative estimate of drug-likeness (QED) is 0.111. The summed E-state index contributed by atoms with van der Waals surface area (Å²) in [6.07, 6.45) is -5.71. The molecule has 0 spiro atoms. The molecular formula is C28H31F3N6O7S. The minimum absolute atomic E-state index is 0.0659. The summed E-state index contributed by atoms with van der Waals surface area (Å²) in [6.45, 7) is 6.35. The molecule has 242 valence electrons. The number of aromatic nitrogens is 2. The van der Waals surface area contributed by atoms with Crippen LogP contribution in [-0.4, -0.2) is 59.4 Å². The topological polar surface area (TPSA) is 158 Å². The number of rotatable bonds is 10. The lowest BCUT2D eigenvalue weighted by molar-refractivity contribution is -0.709. The highest BCUT2D eigenvalue weighted by Crippen LogP contribution is 2.33. The lowest BCUT2D eigenvalue weighted by atomic mass is 10.1. The van der Waals surface area contributed by atoms with Crippen molar-refractivity contribution in [1.82, 2.24) is 19.5 Å². The van der Waals surface area contributed by atoms with Crippen molar-refractivity contribution in [2.24, 2.45) is 17.1 Å². The van der Waals surface area contributed by atoms with Gasteiger partial charge in [0, 0.05) is 12.5 Å². The van der Waals surface area contributed by atoms with Gasteiger partial charge in [0.1, 0.15) is 0 Å². The Balaban J connectivity index is 1.43. The second kappa shape index (κ2) is 13.1. The van der Waals surface area contributed by atoms with E-state index in [2.05, 4.69) is 10.4 Å². The smallest absolute Gasteiger partial charge is 0.435 e. The number of hydrazine groups is 1. The maximum atomic E-state index is 13.5. The normalized spacial score (nSPS) is 16.5. The number of hydrogen-bond donors (Lipinski definition) is 1. The zero-order chi connectivity index (χ0) is 33.1. The average molecular weight is 653 g/mol. The Morgan fingerprint density at radius 1 is 1.11 bits per heavy atom. The van der Waals surface area contributed by atoms with Crippen molar-refractivity contribution in [3.63, 3.8) is 0 Å². The van der Waals surface area contributed by atoms with Crippen molar-refractivity contribution >= 4 is 21.9 Å². The van der Waals surface area contributed by atoms with Crippen molar-refractivity contribution in [2.75, 3.05) is 13.1 Å². The second-order valence-corrected chi connectivity index (χ2v) is 12.3. The number of esters is 1. The number of amides is 1. The second-order valence-electron chi connectivity index (χ2n) is 10.7. The summed E-state index contributed by atoms with van der Waals surface area (Å²) in [5.41, 5.74) is 0.569. The van der Waals surface area contributed by atoms with Gasteiger partial charge in [0.2, 0.25) is 11.2 Å². The molecule has 3 aromatic rings. The number of aryl methyl sites for hydroxylation is 1. The summed E-state index contributed by atoms with van der Waals surface area (Å²) < 4.78 is 74.4. The zero-order valence-electron chi connectivity index (χ0n) is 24.7. The molecule has 2 atom stereocenters. The molecule has 0 radical (unpaired) electrons. The number of alkyl halides is 3. The van der Waals surface area contributed by atoms with Crippen LogP contribution in [0.5, 0.6) is 0 Å². The molecule has 2 aromatic carbocycles. The molecule has 2 heterocycles. The molecule has 1 aromatic heterocycles. The monoisotopic (exact) mass is 652 g/mol. The molecule has 2 unspecified atom stereocenters. The maximum Gasteiger partial charge on any atom is 0.435 e. The van der Waals surface area contributed by atoms with Gasteiger partial charge in [-0.1, -0.05) is 43.7 Å². The first-order valence-electron chi connectivity index (χ1n) is 13.8. The predicted molar refractivity (Wildman–Crippen MR) is 151 cm³/mol. The van der Waals surface area contributed by atoms with Crippen LogP contribution < -0.4 is 4.72 Å². The summed E-state index contributed by atoms with van der Waals surface area (Å²) in [6, 6.07) is 12.5. The molecule has 1 aliphatic rings. The molecule has 1 aliphatic heterocycles. The van der Waals surface area contributed by atoms with Crippen LogP contribution in [0.2, 0.25) is 0 Å². The fraction of sp³-hybridized carbons (Fsp3) is 0.393. The number of nitrogens with zero attached hydrogens (tertiary/aromatic N) is 5. The third-order valence-electron chi connectivity index (χ3n) is 6.77. The van der Waals surface area contributed by atoms with Gasteiger partial charge in [-0.3, -0.25) is 14.4 Å². The summed E-state index contributed by atoms with van der Waals surface area (Å²) in [7, 11) is -4.37. The van der Waals surface area contributed by atoms with E-state index < -0.39 is 51.9 Å². The Bertz CT molecular complexity index is 1670. The largest absolute Gasteiger partial charge is 0.569 e. The third-order valence-corrected chi connectivity index (χ3v) is 8.13. The van der Waals surface area contributed by atoms with Gasteiger partial charge in [-0.25, -0.2) is 17.8 Å². The lowest BCUT2D eigenvalue weighted by Crippen LogP contribution is -2.37. The summed E-state index contributed by atoms with van der Waals surface area (Å²) in [5, 5.41) is 20.4. The molecule has 0 aliphatic carbocycles.